The second kappa shape index (κ2) is 7.60. The quantitative estimate of drug-likeness (QED) is 0.847. The highest BCUT2D eigenvalue weighted by Gasteiger charge is 2.25. The summed E-state index contributed by atoms with van der Waals surface area (Å²) < 4.78 is 28.0. The van der Waals surface area contributed by atoms with Crippen molar-refractivity contribution in [1.29, 1.82) is 0 Å². The van der Waals surface area contributed by atoms with Crippen LogP contribution >= 0.6 is 0 Å². The molecule has 138 valence electrons. The van der Waals surface area contributed by atoms with Crippen molar-refractivity contribution in [3.8, 4) is 0 Å². The molecule has 0 spiro atoms. The minimum absolute atomic E-state index is 0.0640. The van der Waals surface area contributed by atoms with Crippen LogP contribution in [-0.4, -0.2) is 27.4 Å². The van der Waals surface area contributed by atoms with Gasteiger partial charge in [0.15, 0.2) is 0 Å². The summed E-state index contributed by atoms with van der Waals surface area (Å²) in [6.45, 7) is 4.78. The Balaban J connectivity index is 1.73. The number of amides is 1. The first-order valence-corrected chi connectivity index (χ1v) is 10.4. The van der Waals surface area contributed by atoms with Gasteiger partial charge in [-0.15, -0.1) is 0 Å². The average Bonchev–Trinajstić information content (AvgIpc) is 3.09. The third kappa shape index (κ3) is 3.81. The van der Waals surface area contributed by atoms with Gasteiger partial charge in [-0.05, 0) is 41.7 Å². The molecule has 1 atom stereocenters. The van der Waals surface area contributed by atoms with E-state index in [9.17, 15) is 13.2 Å². The second-order valence-corrected chi connectivity index (χ2v) is 8.37. The maximum absolute atomic E-state index is 12.6. The van der Waals surface area contributed by atoms with Crippen LogP contribution in [0.15, 0.2) is 53.4 Å². The summed E-state index contributed by atoms with van der Waals surface area (Å²) in [5, 5.41) is 0. The van der Waals surface area contributed by atoms with Gasteiger partial charge in [-0.2, -0.15) is 0 Å². The van der Waals surface area contributed by atoms with Gasteiger partial charge in [0.2, 0.25) is 15.9 Å². The number of fused-ring (bicyclic) bond motifs is 1. The van der Waals surface area contributed by atoms with E-state index in [2.05, 4.69) is 4.72 Å². The maximum Gasteiger partial charge on any atom is 0.240 e. The van der Waals surface area contributed by atoms with Gasteiger partial charge in [-0.25, -0.2) is 13.1 Å². The Kier molecular flexibility index (Phi) is 5.44. The molecule has 1 heterocycles. The Morgan fingerprint density at radius 1 is 1.19 bits per heavy atom. The zero-order valence-electron chi connectivity index (χ0n) is 15.1. The predicted octanol–water partition coefficient (Wildman–Crippen LogP) is 3.07. The van der Waals surface area contributed by atoms with E-state index < -0.39 is 10.0 Å². The van der Waals surface area contributed by atoms with Crippen LogP contribution in [0.5, 0.6) is 0 Å². The fraction of sp³-hybridized carbons (Fsp3) is 0.350. The molecule has 2 aromatic carbocycles. The van der Waals surface area contributed by atoms with E-state index in [4.69, 9.17) is 0 Å². The Morgan fingerprint density at radius 3 is 2.62 bits per heavy atom. The third-order valence-electron chi connectivity index (χ3n) is 4.81. The lowest BCUT2D eigenvalue weighted by molar-refractivity contribution is -0.118. The molecule has 0 unspecified atom stereocenters. The van der Waals surface area contributed by atoms with Gasteiger partial charge < -0.3 is 4.90 Å². The summed E-state index contributed by atoms with van der Waals surface area (Å²) in [7, 11) is -3.58. The second-order valence-electron chi connectivity index (χ2n) is 6.60. The lowest BCUT2D eigenvalue weighted by atomic mass is 10.0. The van der Waals surface area contributed by atoms with E-state index in [0.717, 1.165) is 16.8 Å². The average molecular weight is 372 g/mol. The number of rotatable bonds is 6. The summed E-state index contributed by atoms with van der Waals surface area (Å²) in [5.41, 5.74) is 2.83. The molecule has 0 aromatic heterocycles. The topological polar surface area (TPSA) is 66.5 Å². The van der Waals surface area contributed by atoms with E-state index in [-0.39, 0.29) is 16.7 Å². The predicted molar refractivity (Wildman–Crippen MR) is 103 cm³/mol. The van der Waals surface area contributed by atoms with E-state index in [1.54, 1.807) is 23.1 Å². The van der Waals surface area contributed by atoms with Crippen molar-refractivity contribution < 1.29 is 13.2 Å². The lowest BCUT2D eigenvalue weighted by Crippen LogP contribution is -2.28. The van der Waals surface area contributed by atoms with Crippen LogP contribution < -0.4 is 9.62 Å². The minimum Gasteiger partial charge on any atom is -0.312 e. The molecule has 3 rings (SSSR count). The van der Waals surface area contributed by atoms with Gasteiger partial charge in [0.05, 0.1) is 4.90 Å². The SMILES string of the molecule is CCC(=O)N1CCc2cc(S(=O)(=O)NC[C@@H](C)c3ccccc3)ccc21. The number of carbonyl (C=O) groups excluding carboxylic acids is 1. The molecular formula is C20H24N2O3S. The fourth-order valence-corrected chi connectivity index (χ4v) is 4.39. The van der Waals surface area contributed by atoms with E-state index in [1.165, 1.54) is 0 Å². The van der Waals surface area contributed by atoms with Crippen LogP contribution in [-0.2, 0) is 21.2 Å². The number of sulfonamides is 1. The van der Waals surface area contributed by atoms with E-state index >= 15 is 0 Å². The molecule has 0 radical (unpaired) electrons. The number of hydrogen-bond acceptors (Lipinski definition) is 3. The number of nitrogens with one attached hydrogen (secondary N) is 1. The zero-order chi connectivity index (χ0) is 18.7. The molecule has 0 fully saturated rings. The van der Waals surface area contributed by atoms with Crippen LogP contribution in [0.4, 0.5) is 5.69 Å². The number of benzene rings is 2. The van der Waals surface area contributed by atoms with Gasteiger partial charge in [0.1, 0.15) is 0 Å². The Labute approximate surface area is 155 Å². The molecule has 1 aliphatic heterocycles. The highest BCUT2D eigenvalue weighted by atomic mass is 32.2. The van der Waals surface area contributed by atoms with Crippen LogP contribution in [0.3, 0.4) is 0 Å². The van der Waals surface area contributed by atoms with Gasteiger partial charge >= 0.3 is 0 Å². The van der Waals surface area contributed by atoms with Crippen LogP contribution in [0.2, 0.25) is 0 Å². The Bertz CT molecular complexity index is 895. The summed E-state index contributed by atoms with van der Waals surface area (Å²) in [6.07, 6.45) is 1.13. The van der Waals surface area contributed by atoms with Crippen LogP contribution in [0.25, 0.3) is 0 Å². The molecule has 1 aliphatic rings. The van der Waals surface area contributed by atoms with Crippen molar-refractivity contribution in [3.05, 3.63) is 59.7 Å². The van der Waals surface area contributed by atoms with Gasteiger partial charge in [-0.1, -0.05) is 44.2 Å². The summed E-state index contributed by atoms with van der Waals surface area (Å²) in [4.78, 5) is 14.0. The molecular weight excluding hydrogens is 348 g/mol. The first-order valence-electron chi connectivity index (χ1n) is 8.90. The van der Waals surface area contributed by atoms with Gasteiger partial charge in [0.25, 0.3) is 0 Å². The fourth-order valence-electron chi connectivity index (χ4n) is 3.21. The molecule has 0 bridgehead atoms. The lowest BCUT2D eigenvalue weighted by Gasteiger charge is -2.17. The summed E-state index contributed by atoms with van der Waals surface area (Å²) in [6, 6.07) is 14.8. The molecule has 0 aliphatic carbocycles. The molecule has 1 amide bonds. The van der Waals surface area contributed by atoms with Gasteiger partial charge in [0, 0.05) is 25.2 Å². The maximum atomic E-state index is 12.6. The van der Waals surface area contributed by atoms with Crippen LogP contribution in [0, 0.1) is 0 Å². The van der Waals surface area contributed by atoms with Crippen molar-refractivity contribution in [2.75, 3.05) is 18.0 Å². The van der Waals surface area contributed by atoms with Crippen molar-refractivity contribution >= 4 is 21.6 Å². The first-order chi connectivity index (χ1) is 12.4. The molecule has 0 saturated heterocycles. The van der Waals surface area contributed by atoms with E-state index in [0.29, 0.717) is 25.9 Å². The molecule has 1 N–H and O–H groups in total. The molecule has 0 saturated carbocycles. The van der Waals surface area contributed by atoms with Crippen molar-refractivity contribution in [3.63, 3.8) is 0 Å². The monoisotopic (exact) mass is 372 g/mol. The third-order valence-corrected chi connectivity index (χ3v) is 6.23. The molecule has 2 aromatic rings. The number of carbonyl (C=O) groups is 1. The normalized spacial score (nSPS) is 14.9. The van der Waals surface area contributed by atoms with Crippen LogP contribution in [0.1, 0.15) is 37.3 Å². The minimum atomic E-state index is -3.58. The largest absolute Gasteiger partial charge is 0.312 e. The number of hydrogen-bond donors (Lipinski definition) is 1. The van der Waals surface area contributed by atoms with E-state index in [1.807, 2.05) is 44.2 Å². The summed E-state index contributed by atoms with van der Waals surface area (Å²) in [5.74, 6) is 0.146. The highest BCUT2D eigenvalue weighted by molar-refractivity contribution is 7.89. The standard InChI is InChI=1S/C20H24N2O3S/c1-3-20(23)22-12-11-17-13-18(9-10-19(17)22)26(24,25)21-14-15(2)16-7-5-4-6-8-16/h4-10,13,15,21H,3,11-12,14H2,1-2H3/t15-/m1/s1. The van der Waals surface area contributed by atoms with Crippen molar-refractivity contribution in [2.45, 2.75) is 37.5 Å². The smallest absolute Gasteiger partial charge is 0.240 e. The zero-order valence-corrected chi connectivity index (χ0v) is 15.9. The highest BCUT2D eigenvalue weighted by Crippen LogP contribution is 2.30. The van der Waals surface area contributed by atoms with Crippen molar-refractivity contribution in [2.24, 2.45) is 0 Å². The first kappa shape index (κ1) is 18.6. The number of anilines is 1. The summed E-state index contributed by atoms with van der Waals surface area (Å²) >= 11 is 0. The van der Waals surface area contributed by atoms with Crippen molar-refractivity contribution in [1.82, 2.24) is 4.72 Å². The Morgan fingerprint density at radius 2 is 1.92 bits per heavy atom. The molecule has 26 heavy (non-hydrogen) atoms. The molecule has 6 heteroatoms. The Hall–Kier alpha value is -2.18. The number of nitrogens with zero attached hydrogens (tertiary/aromatic N) is 1. The van der Waals surface area contributed by atoms with Gasteiger partial charge in [-0.3, -0.25) is 4.79 Å². The molecule has 5 nitrogen and oxygen atoms in total.